The van der Waals surface area contributed by atoms with E-state index in [4.69, 9.17) is 20.4 Å². The molecule has 0 atom stereocenters. The van der Waals surface area contributed by atoms with Gasteiger partial charge >= 0.3 is 5.97 Å². The molecule has 0 aliphatic heterocycles. The smallest absolute Gasteiger partial charge is 0.310 e. The number of carboxylic acids is 1. The van der Waals surface area contributed by atoms with E-state index in [1.807, 2.05) is 0 Å². The zero-order valence-electron chi connectivity index (χ0n) is 14.7. The Morgan fingerprint density at radius 1 is 0.909 bits per heavy atom. The minimum Gasteiger partial charge on any atom is -0.481 e. The molecule has 0 rings (SSSR count). The Balaban J connectivity index is -0.000000112. The average molecular weight is 322 g/mol. The van der Waals surface area contributed by atoms with Crippen LogP contribution in [0.3, 0.4) is 0 Å². The summed E-state index contributed by atoms with van der Waals surface area (Å²) in [5.41, 5.74) is 0. The molecule has 0 fully saturated rings. The Hall–Kier alpha value is -1.24. The summed E-state index contributed by atoms with van der Waals surface area (Å²) in [7, 11) is 0. The molecular weight excluding hydrogens is 288 g/mol. The molecule has 0 aromatic carbocycles. The molecule has 0 bridgehead atoms. The lowest BCUT2D eigenvalue weighted by Crippen LogP contribution is -2.05. The lowest BCUT2D eigenvalue weighted by Gasteiger charge is -1.91. The van der Waals surface area contributed by atoms with Gasteiger partial charge in [-0.15, -0.1) is 6.58 Å². The standard InChI is InChI=1S/C7H10O3.3C3H8O/c1-2-3-4-6(8)5-7(9)10;3*1-3(2)4/h2H,1,3-5H2,(H,9,10);3*3-4H,1-2H3. The van der Waals surface area contributed by atoms with E-state index in [9.17, 15) is 9.59 Å². The monoisotopic (exact) mass is 322 g/mol. The fourth-order valence-electron chi connectivity index (χ4n) is 0.520. The van der Waals surface area contributed by atoms with Crippen molar-refractivity contribution in [2.75, 3.05) is 0 Å². The van der Waals surface area contributed by atoms with Crippen LogP contribution in [0.25, 0.3) is 0 Å². The molecule has 0 amide bonds. The molecule has 0 aromatic rings. The van der Waals surface area contributed by atoms with E-state index in [0.29, 0.717) is 6.42 Å². The Bertz CT molecular complexity index is 237. The number of aliphatic carboxylic acids is 1. The van der Waals surface area contributed by atoms with Gasteiger partial charge in [0.1, 0.15) is 12.2 Å². The van der Waals surface area contributed by atoms with Crippen LogP contribution in [0.5, 0.6) is 0 Å². The van der Waals surface area contributed by atoms with E-state index < -0.39 is 5.97 Å². The van der Waals surface area contributed by atoms with Gasteiger partial charge in [-0.2, -0.15) is 0 Å². The van der Waals surface area contributed by atoms with Gasteiger partial charge in [0.15, 0.2) is 0 Å². The van der Waals surface area contributed by atoms with Crippen molar-refractivity contribution in [3.05, 3.63) is 12.7 Å². The highest BCUT2D eigenvalue weighted by Crippen LogP contribution is 1.94. The second kappa shape index (κ2) is 22.0. The van der Waals surface area contributed by atoms with Crippen LogP contribution in [0.2, 0.25) is 0 Å². The van der Waals surface area contributed by atoms with Gasteiger partial charge in [0.2, 0.25) is 0 Å². The first-order valence-electron chi connectivity index (χ1n) is 7.25. The van der Waals surface area contributed by atoms with Crippen LogP contribution < -0.4 is 0 Å². The first kappa shape index (κ1) is 28.9. The summed E-state index contributed by atoms with van der Waals surface area (Å²) in [5, 5.41) is 32.3. The highest BCUT2D eigenvalue weighted by molar-refractivity contribution is 5.94. The zero-order valence-corrected chi connectivity index (χ0v) is 14.7. The van der Waals surface area contributed by atoms with E-state index in [0.717, 1.165) is 0 Å². The molecule has 0 heterocycles. The maximum absolute atomic E-state index is 10.6. The van der Waals surface area contributed by atoms with Crippen LogP contribution in [0.15, 0.2) is 12.7 Å². The highest BCUT2D eigenvalue weighted by atomic mass is 16.4. The van der Waals surface area contributed by atoms with Crippen molar-refractivity contribution in [3.8, 4) is 0 Å². The summed E-state index contributed by atoms with van der Waals surface area (Å²) in [6, 6.07) is 0. The van der Waals surface area contributed by atoms with Gasteiger partial charge in [-0.3, -0.25) is 9.59 Å². The van der Waals surface area contributed by atoms with Crippen LogP contribution in [-0.4, -0.2) is 50.5 Å². The van der Waals surface area contributed by atoms with Crippen molar-refractivity contribution in [1.29, 1.82) is 0 Å². The number of aliphatic hydroxyl groups is 3. The molecule has 0 aliphatic rings. The molecule has 0 aliphatic carbocycles. The number of Topliss-reactive ketones (excluding diaryl/α,β-unsaturated/α-hetero) is 1. The van der Waals surface area contributed by atoms with Gasteiger partial charge < -0.3 is 20.4 Å². The van der Waals surface area contributed by atoms with Crippen molar-refractivity contribution in [2.45, 2.75) is 79.1 Å². The lowest BCUT2D eigenvalue weighted by atomic mass is 10.2. The second-order valence-corrected chi connectivity index (χ2v) is 5.22. The zero-order chi connectivity index (χ0) is 18.7. The van der Waals surface area contributed by atoms with E-state index in [1.165, 1.54) is 0 Å². The fraction of sp³-hybridized carbons (Fsp3) is 0.750. The van der Waals surface area contributed by atoms with Crippen LogP contribution in [0.1, 0.15) is 60.8 Å². The average Bonchev–Trinajstić information content (AvgIpc) is 2.22. The number of hydrogen-bond acceptors (Lipinski definition) is 5. The Morgan fingerprint density at radius 3 is 1.36 bits per heavy atom. The number of carboxylic acid groups (broad SMARTS) is 1. The fourth-order valence-corrected chi connectivity index (χ4v) is 0.520. The molecule has 134 valence electrons. The molecule has 6 nitrogen and oxygen atoms in total. The van der Waals surface area contributed by atoms with Crippen molar-refractivity contribution in [3.63, 3.8) is 0 Å². The SMILES string of the molecule is C=CCCC(=O)CC(=O)O.CC(C)O.CC(C)O.CC(C)O. The Kier molecular flexibility index (Phi) is 28.9. The minimum absolute atomic E-state index is 0.167. The minimum atomic E-state index is -1.06. The maximum Gasteiger partial charge on any atom is 0.310 e. The van der Waals surface area contributed by atoms with Gasteiger partial charge in [-0.1, -0.05) is 6.08 Å². The molecule has 0 aromatic heterocycles. The third-order valence-electron chi connectivity index (χ3n) is 0.976. The van der Waals surface area contributed by atoms with E-state index in [-0.39, 0.29) is 36.9 Å². The first-order chi connectivity index (χ1) is 9.86. The van der Waals surface area contributed by atoms with Gasteiger partial charge in [-0.05, 0) is 48.0 Å². The van der Waals surface area contributed by atoms with Crippen LogP contribution in [0, 0.1) is 0 Å². The molecular formula is C16H34O6. The summed E-state index contributed by atoms with van der Waals surface area (Å²) in [5.74, 6) is -1.30. The number of rotatable bonds is 5. The third kappa shape index (κ3) is 129. The number of hydrogen-bond donors (Lipinski definition) is 4. The largest absolute Gasteiger partial charge is 0.481 e. The Morgan fingerprint density at radius 2 is 1.18 bits per heavy atom. The van der Waals surface area contributed by atoms with Crippen molar-refractivity contribution in [2.24, 2.45) is 0 Å². The van der Waals surface area contributed by atoms with Crippen molar-refractivity contribution < 1.29 is 30.0 Å². The van der Waals surface area contributed by atoms with Gasteiger partial charge in [0, 0.05) is 24.7 Å². The van der Waals surface area contributed by atoms with Gasteiger partial charge in [-0.25, -0.2) is 0 Å². The van der Waals surface area contributed by atoms with Crippen LogP contribution >= 0.6 is 0 Å². The summed E-state index contributed by atoms with van der Waals surface area (Å²) in [6.45, 7) is 13.7. The topological polar surface area (TPSA) is 115 Å². The predicted molar refractivity (Wildman–Crippen MR) is 88.8 cm³/mol. The van der Waals surface area contributed by atoms with Crippen LogP contribution in [-0.2, 0) is 9.59 Å². The molecule has 22 heavy (non-hydrogen) atoms. The lowest BCUT2D eigenvalue weighted by molar-refractivity contribution is -0.140. The summed E-state index contributed by atoms with van der Waals surface area (Å²) >= 11 is 0. The molecule has 0 saturated carbocycles. The van der Waals surface area contributed by atoms with Gasteiger partial charge in [0.25, 0.3) is 0 Å². The Labute approximate surface area is 134 Å². The second-order valence-electron chi connectivity index (χ2n) is 5.22. The van der Waals surface area contributed by atoms with Crippen molar-refractivity contribution in [1.82, 2.24) is 0 Å². The molecule has 0 spiro atoms. The van der Waals surface area contributed by atoms with Crippen LogP contribution in [0.4, 0.5) is 0 Å². The summed E-state index contributed by atoms with van der Waals surface area (Å²) < 4.78 is 0. The number of carbonyl (C=O) groups is 2. The van der Waals surface area contributed by atoms with Crippen molar-refractivity contribution >= 4 is 11.8 Å². The molecule has 0 unspecified atom stereocenters. The number of ketones is 1. The van der Waals surface area contributed by atoms with E-state index in [2.05, 4.69) is 6.58 Å². The van der Waals surface area contributed by atoms with E-state index in [1.54, 1.807) is 47.6 Å². The van der Waals surface area contributed by atoms with Gasteiger partial charge in [0.05, 0.1) is 0 Å². The highest BCUT2D eigenvalue weighted by Gasteiger charge is 2.05. The van der Waals surface area contributed by atoms with E-state index >= 15 is 0 Å². The normalized spacial score (nSPS) is 8.91. The summed E-state index contributed by atoms with van der Waals surface area (Å²) in [6.07, 6.45) is 1.58. The quantitative estimate of drug-likeness (QED) is 0.455. The number of aliphatic hydroxyl groups excluding tert-OH is 3. The molecule has 6 heteroatoms. The third-order valence-corrected chi connectivity index (χ3v) is 0.976. The predicted octanol–water partition coefficient (Wildman–Crippen LogP) is 2.16. The number of carbonyl (C=O) groups excluding carboxylic acids is 1. The molecule has 0 radical (unpaired) electrons. The maximum atomic E-state index is 10.6. The molecule has 0 saturated heterocycles. The molecule has 4 N–H and O–H groups in total. The summed E-state index contributed by atoms with van der Waals surface area (Å²) in [4.78, 5) is 20.5. The number of allylic oxidation sites excluding steroid dienone is 1. The first-order valence-corrected chi connectivity index (χ1v) is 7.25.